The molecule has 0 saturated carbocycles. The van der Waals surface area contributed by atoms with Crippen LogP contribution in [0, 0.1) is 0 Å². The number of rotatable bonds is 2. The third-order valence-electron chi connectivity index (χ3n) is 3.07. The van der Waals surface area contributed by atoms with Crippen LogP contribution < -0.4 is 4.90 Å². The zero-order valence-corrected chi connectivity index (χ0v) is 9.71. The summed E-state index contributed by atoms with van der Waals surface area (Å²) in [6.07, 6.45) is 1.33. The van der Waals surface area contributed by atoms with Crippen LogP contribution in [0.4, 0.5) is 5.69 Å². The van der Waals surface area contributed by atoms with E-state index in [1.807, 2.05) is 30.3 Å². The molecule has 2 aromatic rings. The van der Waals surface area contributed by atoms with E-state index in [-0.39, 0.29) is 12.3 Å². The van der Waals surface area contributed by atoms with Gasteiger partial charge in [-0.05, 0) is 18.2 Å². The number of hydrogen-bond donors (Lipinski definition) is 2. The number of hydrogen-bond acceptors (Lipinski definition) is 3. The number of benzene rings is 1. The van der Waals surface area contributed by atoms with E-state index in [9.17, 15) is 9.90 Å². The van der Waals surface area contributed by atoms with Gasteiger partial charge in [-0.2, -0.15) is 5.10 Å². The van der Waals surface area contributed by atoms with Gasteiger partial charge in [0.1, 0.15) is 0 Å². The average Bonchev–Trinajstić information content (AvgIpc) is 2.99. The van der Waals surface area contributed by atoms with Crippen molar-refractivity contribution in [3.63, 3.8) is 0 Å². The van der Waals surface area contributed by atoms with Crippen LogP contribution in [0.1, 0.15) is 6.42 Å². The number of nitrogens with zero attached hydrogens (tertiary/aromatic N) is 2. The first kappa shape index (κ1) is 11.0. The topological polar surface area (TPSA) is 69.2 Å². The maximum Gasteiger partial charge on any atom is 0.229 e. The summed E-state index contributed by atoms with van der Waals surface area (Å²) in [7, 11) is 0. The van der Waals surface area contributed by atoms with Crippen LogP contribution in [-0.2, 0) is 4.79 Å². The van der Waals surface area contributed by atoms with Crippen LogP contribution in [0.2, 0.25) is 0 Å². The van der Waals surface area contributed by atoms with E-state index >= 15 is 0 Å². The minimum atomic E-state index is -0.562. The third kappa shape index (κ3) is 1.89. The molecule has 1 aromatic heterocycles. The fourth-order valence-electron chi connectivity index (χ4n) is 2.20. The molecule has 1 atom stereocenters. The molecule has 92 valence electrons. The maximum atomic E-state index is 11.7. The summed E-state index contributed by atoms with van der Waals surface area (Å²) in [4.78, 5) is 13.3. The van der Waals surface area contributed by atoms with Crippen molar-refractivity contribution < 1.29 is 9.90 Å². The Bertz CT molecular complexity index is 565. The number of nitrogens with one attached hydrogen (secondary N) is 1. The van der Waals surface area contributed by atoms with Gasteiger partial charge in [-0.3, -0.25) is 9.89 Å². The average molecular weight is 243 g/mol. The van der Waals surface area contributed by atoms with Gasteiger partial charge >= 0.3 is 0 Å². The molecular formula is C13H13N3O2. The number of aliphatic hydroxyl groups excluding tert-OH is 1. The summed E-state index contributed by atoms with van der Waals surface area (Å²) in [5, 5.41) is 16.3. The standard InChI is InChI=1S/C13H13N3O2/c17-11-7-13(18)16(8-11)10-3-1-2-9(6-10)12-4-5-14-15-12/h1-6,11,17H,7-8H2,(H,14,15). The van der Waals surface area contributed by atoms with Gasteiger partial charge in [0.25, 0.3) is 0 Å². The zero-order chi connectivity index (χ0) is 12.5. The van der Waals surface area contributed by atoms with Gasteiger partial charge in [-0.25, -0.2) is 0 Å². The minimum Gasteiger partial charge on any atom is -0.391 e. The molecule has 1 aliphatic rings. The lowest BCUT2D eigenvalue weighted by Crippen LogP contribution is -2.25. The Morgan fingerprint density at radius 3 is 2.94 bits per heavy atom. The molecular weight excluding hydrogens is 230 g/mol. The van der Waals surface area contributed by atoms with Crippen molar-refractivity contribution >= 4 is 11.6 Å². The third-order valence-corrected chi connectivity index (χ3v) is 3.07. The highest BCUT2D eigenvalue weighted by Gasteiger charge is 2.29. The van der Waals surface area contributed by atoms with Crippen LogP contribution in [0.15, 0.2) is 36.5 Å². The van der Waals surface area contributed by atoms with Gasteiger partial charge in [0.15, 0.2) is 0 Å². The summed E-state index contributed by atoms with van der Waals surface area (Å²) in [6, 6.07) is 9.51. The highest BCUT2D eigenvalue weighted by molar-refractivity contribution is 5.96. The van der Waals surface area contributed by atoms with Crippen LogP contribution in [0.5, 0.6) is 0 Å². The van der Waals surface area contributed by atoms with E-state index in [0.717, 1.165) is 16.9 Å². The second-order valence-electron chi connectivity index (χ2n) is 4.38. The quantitative estimate of drug-likeness (QED) is 0.832. The van der Waals surface area contributed by atoms with Crippen LogP contribution in [0.25, 0.3) is 11.3 Å². The van der Waals surface area contributed by atoms with E-state index in [1.54, 1.807) is 11.1 Å². The predicted molar refractivity (Wildman–Crippen MR) is 67.0 cm³/mol. The lowest BCUT2D eigenvalue weighted by Gasteiger charge is -2.16. The molecule has 0 bridgehead atoms. The Balaban J connectivity index is 1.94. The lowest BCUT2D eigenvalue weighted by molar-refractivity contribution is -0.117. The number of carbonyl (C=O) groups is 1. The number of aromatic amines is 1. The molecule has 18 heavy (non-hydrogen) atoms. The summed E-state index contributed by atoms with van der Waals surface area (Å²) in [5.74, 6) is -0.0377. The molecule has 0 aliphatic carbocycles. The van der Waals surface area contributed by atoms with Crippen molar-refractivity contribution in [1.29, 1.82) is 0 Å². The van der Waals surface area contributed by atoms with Gasteiger partial charge in [-0.1, -0.05) is 12.1 Å². The fourth-order valence-corrected chi connectivity index (χ4v) is 2.20. The summed E-state index contributed by atoms with van der Waals surface area (Å²) >= 11 is 0. The molecule has 5 nitrogen and oxygen atoms in total. The van der Waals surface area contributed by atoms with E-state index in [2.05, 4.69) is 10.2 Å². The molecule has 0 radical (unpaired) electrons. The lowest BCUT2D eigenvalue weighted by atomic mass is 10.1. The smallest absolute Gasteiger partial charge is 0.229 e. The first-order valence-corrected chi connectivity index (χ1v) is 5.82. The van der Waals surface area contributed by atoms with Crippen molar-refractivity contribution in [1.82, 2.24) is 10.2 Å². The van der Waals surface area contributed by atoms with E-state index in [1.165, 1.54) is 0 Å². The summed E-state index contributed by atoms with van der Waals surface area (Å²) < 4.78 is 0. The second-order valence-corrected chi connectivity index (χ2v) is 4.38. The number of carbonyl (C=O) groups excluding carboxylic acids is 1. The Labute approximate surface area is 104 Å². The Kier molecular flexibility index (Phi) is 2.60. The van der Waals surface area contributed by atoms with Crippen molar-refractivity contribution in [3.8, 4) is 11.3 Å². The summed E-state index contributed by atoms with van der Waals surface area (Å²) in [5.41, 5.74) is 2.69. The number of aliphatic hydroxyl groups is 1. The number of H-pyrrole nitrogens is 1. The van der Waals surface area contributed by atoms with Gasteiger partial charge in [0.2, 0.25) is 5.91 Å². The van der Waals surface area contributed by atoms with E-state index in [4.69, 9.17) is 0 Å². The van der Waals surface area contributed by atoms with Gasteiger partial charge in [-0.15, -0.1) is 0 Å². The monoisotopic (exact) mass is 243 g/mol. The highest BCUT2D eigenvalue weighted by atomic mass is 16.3. The molecule has 2 heterocycles. The molecule has 1 saturated heterocycles. The second kappa shape index (κ2) is 4.27. The SMILES string of the molecule is O=C1CC(O)CN1c1cccc(-c2ccn[nH]2)c1. The first-order valence-electron chi connectivity index (χ1n) is 5.82. The maximum absolute atomic E-state index is 11.7. The largest absolute Gasteiger partial charge is 0.391 e. The van der Waals surface area contributed by atoms with Crippen molar-refractivity contribution in [2.45, 2.75) is 12.5 Å². The Morgan fingerprint density at radius 1 is 1.39 bits per heavy atom. The summed E-state index contributed by atoms with van der Waals surface area (Å²) in [6.45, 7) is 0.366. The molecule has 0 spiro atoms. The first-order chi connectivity index (χ1) is 8.74. The van der Waals surface area contributed by atoms with Crippen LogP contribution >= 0.6 is 0 Å². The number of anilines is 1. The van der Waals surface area contributed by atoms with Gasteiger partial charge in [0, 0.05) is 17.4 Å². The zero-order valence-electron chi connectivity index (χ0n) is 9.71. The van der Waals surface area contributed by atoms with E-state index < -0.39 is 6.10 Å². The Morgan fingerprint density at radius 2 is 2.28 bits per heavy atom. The molecule has 1 aliphatic heterocycles. The highest BCUT2D eigenvalue weighted by Crippen LogP contribution is 2.26. The van der Waals surface area contributed by atoms with Crippen molar-refractivity contribution in [2.75, 3.05) is 11.4 Å². The number of aromatic nitrogens is 2. The number of β-amino-alcohol motifs (C(OH)–C–C–N with tert-alkyl or cyclic N) is 1. The molecule has 1 unspecified atom stereocenters. The number of amides is 1. The fraction of sp³-hybridized carbons (Fsp3) is 0.231. The molecule has 2 N–H and O–H groups in total. The van der Waals surface area contributed by atoms with Gasteiger partial charge in [0.05, 0.1) is 24.8 Å². The minimum absolute atomic E-state index is 0.0377. The van der Waals surface area contributed by atoms with Gasteiger partial charge < -0.3 is 10.0 Å². The molecule has 3 rings (SSSR count). The predicted octanol–water partition coefficient (Wildman–Crippen LogP) is 1.17. The normalized spacial score (nSPS) is 19.5. The Hall–Kier alpha value is -2.14. The van der Waals surface area contributed by atoms with Crippen molar-refractivity contribution in [3.05, 3.63) is 36.5 Å². The molecule has 5 heteroatoms. The molecule has 1 fully saturated rings. The van der Waals surface area contributed by atoms with E-state index in [0.29, 0.717) is 6.54 Å². The van der Waals surface area contributed by atoms with Crippen LogP contribution in [-0.4, -0.2) is 33.9 Å². The molecule has 1 amide bonds. The van der Waals surface area contributed by atoms with Crippen LogP contribution in [0.3, 0.4) is 0 Å². The van der Waals surface area contributed by atoms with Crippen molar-refractivity contribution in [2.24, 2.45) is 0 Å². The molecule has 1 aromatic carbocycles.